The predicted molar refractivity (Wildman–Crippen MR) is 101 cm³/mol. The van der Waals surface area contributed by atoms with E-state index in [4.69, 9.17) is 23.2 Å². The number of anilines is 3. The summed E-state index contributed by atoms with van der Waals surface area (Å²) in [5, 5.41) is 5.98. The second-order valence-corrected chi connectivity index (χ2v) is 6.16. The van der Waals surface area contributed by atoms with Crippen molar-refractivity contribution in [1.29, 1.82) is 0 Å². The summed E-state index contributed by atoms with van der Waals surface area (Å²) in [6.45, 7) is 1.71. The van der Waals surface area contributed by atoms with Crippen LogP contribution in [0.1, 0.15) is 16.2 Å². The van der Waals surface area contributed by atoms with Crippen LogP contribution in [0.15, 0.2) is 48.5 Å². The van der Waals surface area contributed by atoms with Crippen LogP contribution in [0, 0.1) is 12.7 Å². The molecule has 3 rings (SSSR count). The molecule has 0 atom stereocenters. The van der Waals surface area contributed by atoms with E-state index in [0.717, 1.165) is 0 Å². The first-order valence-electron chi connectivity index (χ1n) is 7.56. The van der Waals surface area contributed by atoms with Gasteiger partial charge in [0.1, 0.15) is 11.5 Å². The zero-order valence-electron chi connectivity index (χ0n) is 13.6. The van der Waals surface area contributed by atoms with E-state index in [0.29, 0.717) is 16.4 Å². The highest BCUT2D eigenvalue weighted by atomic mass is 35.5. The largest absolute Gasteiger partial charge is 0.322 e. The lowest BCUT2D eigenvalue weighted by atomic mass is 10.2. The fraction of sp³-hybridized carbons (Fsp3) is 0.0556. The van der Waals surface area contributed by atoms with E-state index in [1.165, 1.54) is 12.1 Å². The van der Waals surface area contributed by atoms with Crippen LogP contribution in [-0.4, -0.2) is 15.9 Å². The fourth-order valence-corrected chi connectivity index (χ4v) is 2.56. The van der Waals surface area contributed by atoms with Crippen molar-refractivity contribution in [3.8, 4) is 0 Å². The molecule has 0 aliphatic rings. The number of nitrogens with one attached hydrogen (secondary N) is 2. The van der Waals surface area contributed by atoms with Gasteiger partial charge in [0.05, 0.1) is 21.4 Å². The number of benzene rings is 2. The lowest BCUT2D eigenvalue weighted by Gasteiger charge is -2.10. The number of hydrogen-bond donors (Lipinski definition) is 2. The lowest BCUT2D eigenvalue weighted by molar-refractivity contribution is 0.102. The molecule has 2 aromatic carbocycles. The smallest absolute Gasteiger partial charge is 0.274 e. The Labute approximate surface area is 159 Å². The standard InChI is InChI=1S/C18H13Cl2FN4O/c1-10-9-15(17(26)23-14-8-4-5-11(19)16(14)20)25-18(22-10)24-13-7-3-2-6-12(13)21/h2-9H,1H3,(H,23,26)(H,22,24,25). The van der Waals surface area contributed by atoms with E-state index in [-0.39, 0.29) is 22.4 Å². The minimum Gasteiger partial charge on any atom is -0.322 e. The van der Waals surface area contributed by atoms with Crippen LogP contribution in [-0.2, 0) is 0 Å². The maximum absolute atomic E-state index is 13.8. The molecule has 0 fully saturated rings. The van der Waals surface area contributed by atoms with Crippen LogP contribution in [0.3, 0.4) is 0 Å². The van der Waals surface area contributed by atoms with Gasteiger partial charge in [-0.3, -0.25) is 4.79 Å². The van der Waals surface area contributed by atoms with Crippen molar-refractivity contribution in [2.45, 2.75) is 6.92 Å². The Hall–Kier alpha value is -2.70. The number of rotatable bonds is 4. The molecule has 1 heterocycles. The Balaban J connectivity index is 1.86. The van der Waals surface area contributed by atoms with Crippen molar-refractivity contribution < 1.29 is 9.18 Å². The SMILES string of the molecule is Cc1cc(C(=O)Nc2cccc(Cl)c2Cl)nc(Nc2ccccc2F)n1. The zero-order chi connectivity index (χ0) is 18.7. The Bertz CT molecular complexity index is 981. The van der Waals surface area contributed by atoms with Gasteiger partial charge in [-0.2, -0.15) is 0 Å². The lowest BCUT2D eigenvalue weighted by Crippen LogP contribution is -2.16. The van der Waals surface area contributed by atoms with E-state index in [9.17, 15) is 9.18 Å². The van der Waals surface area contributed by atoms with Crippen LogP contribution >= 0.6 is 23.2 Å². The molecular weight excluding hydrogens is 378 g/mol. The molecule has 0 bridgehead atoms. The number of amides is 1. The first kappa shape index (κ1) is 18.1. The number of para-hydroxylation sites is 1. The van der Waals surface area contributed by atoms with Crippen molar-refractivity contribution in [3.63, 3.8) is 0 Å². The van der Waals surface area contributed by atoms with Gasteiger partial charge in [0.25, 0.3) is 5.91 Å². The molecule has 1 aromatic heterocycles. The molecule has 0 unspecified atom stereocenters. The first-order chi connectivity index (χ1) is 12.4. The van der Waals surface area contributed by atoms with E-state index < -0.39 is 11.7 Å². The summed E-state index contributed by atoms with van der Waals surface area (Å²) in [5.74, 6) is -0.831. The number of hydrogen-bond acceptors (Lipinski definition) is 4. The molecule has 8 heteroatoms. The minimum absolute atomic E-state index is 0.104. The van der Waals surface area contributed by atoms with Crippen LogP contribution in [0.5, 0.6) is 0 Å². The Morgan fingerprint density at radius 2 is 1.77 bits per heavy atom. The van der Waals surface area contributed by atoms with Gasteiger partial charge in [0, 0.05) is 5.69 Å². The molecule has 0 saturated heterocycles. The van der Waals surface area contributed by atoms with Crippen molar-refractivity contribution in [3.05, 3.63) is 75.8 Å². The van der Waals surface area contributed by atoms with Gasteiger partial charge >= 0.3 is 0 Å². The van der Waals surface area contributed by atoms with Gasteiger partial charge in [0.2, 0.25) is 5.95 Å². The van der Waals surface area contributed by atoms with Gasteiger partial charge in [-0.05, 0) is 37.3 Å². The van der Waals surface area contributed by atoms with Crippen molar-refractivity contribution in [1.82, 2.24) is 9.97 Å². The van der Waals surface area contributed by atoms with Crippen molar-refractivity contribution in [2.75, 3.05) is 10.6 Å². The Morgan fingerprint density at radius 1 is 1.04 bits per heavy atom. The third-order valence-corrected chi connectivity index (χ3v) is 4.23. The predicted octanol–water partition coefficient (Wildman–Crippen LogP) is 5.23. The molecule has 2 N–H and O–H groups in total. The third kappa shape index (κ3) is 4.09. The molecule has 0 saturated carbocycles. The topological polar surface area (TPSA) is 66.9 Å². The highest BCUT2D eigenvalue weighted by Gasteiger charge is 2.14. The first-order valence-corrected chi connectivity index (χ1v) is 8.32. The van der Waals surface area contributed by atoms with Crippen molar-refractivity contribution in [2.24, 2.45) is 0 Å². The summed E-state index contributed by atoms with van der Waals surface area (Å²) in [4.78, 5) is 20.8. The van der Waals surface area contributed by atoms with Crippen LogP contribution in [0.25, 0.3) is 0 Å². The quantitative estimate of drug-likeness (QED) is 0.640. The molecule has 0 aliphatic heterocycles. The number of carbonyl (C=O) groups excluding carboxylic acids is 1. The fourth-order valence-electron chi connectivity index (χ4n) is 2.21. The molecule has 0 radical (unpaired) electrons. The number of carbonyl (C=O) groups is 1. The average molecular weight is 391 g/mol. The van der Waals surface area contributed by atoms with Crippen LogP contribution < -0.4 is 10.6 Å². The molecular formula is C18H13Cl2FN4O. The third-order valence-electron chi connectivity index (χ3n) is 3.41. The van der Waals surface area contributed by atoms with Gasteiger partial charge < -0.3 is 10.6 Å². The summed E-state index contributed by atoms with van der Waals surface area (Å²) in [6.07, 6.45) is 0. The maximum atomic E-state index is 13.8. The van der Waals surface area contributed by atoms with E-state index >= 15 is 0 Å². The molecule has 132 valence electrons. The Kier molecular flexibility index (Phi) is 5.35. The van der Waals surface area contributed by atoms with Crippen LogP contribution in [0.2, 0.25) is 10.0 Å². The summed E-state index contributed by atoms with van der Waals surface area (Å²) in [5.41, 5.74) is 1.22. The van der Waals surface area contributed by atoms with Gasteiger partial charge in [-0.15, -0.1) is 0 Å². The maximum Gasteiger partial charge on any atom is 0.274 e. The second-order valence-electron chi connectivity index (χ2n) is 5.38. The number of aromatic nitrogens is 2. The second kappa shape index (κ2) is 7.68. The monoisotopic (exact) mass is 390 g/mol. The molecule has 0 aliphatic carbocycles. The number of halogens is 3. The van der Waals surface area contributed by atoms with E-state index in [1.807, 2.05) is 0 Å². The molecule has 0 spiro atoms. The summed E-state index contributed by atoms with van der Waals surface area (Å²) >= 11 is 12.0. The van der Waals surface area contributed by atoms with Gasteiger partial charge in [-0.1, -0.05) is 41.4 Å². The van der Waals surface area contributed by atoms with Crippen LogP contribution in [0.4, 0.5) is 21.7 Å². The number of nitrogens with zero attached hydrogens (tertiary/aromatic N) is 2. The van der Waals surface area contributed by atoms with Crippen molar-refractivity contribution >= 4 is 46.4 Å². The normalized spacial score (nSPS) is 10.5. The summed E-state index contributed by atoms with van der Waals surface area (Å²) < 4.78 is 13.8. The average Bonchev–Trinajstić information content (AvgIpc) is 2.60. The minimum atomic E-state index is -0.490. The number of aryl methyl sites for hydroxylation is 1. The summed E-state index contributed by atoms with van der Waals surface area (Å²) in [7, 11) is 0. The molecule has 1 amide bonds. The molecule has 26 heavy (non-hydrogen) atoms. The molecule has 5 nitrogen and oxygen atoms in total. The molecule has 3 aromatic rings. The Morgan fingerprint density at radius 3 is 2.54 bits per heavy atom. The van der Waals surface area contributed by atoms with Gasteiger partial charge in [0.15, 0.2) is 0 Å². The highest BCUT2D eigenvalue weighted by Crippen LogP contribution is 2.29. The van der Waals surface area contributed by atoms with Gasteiger partial charge in [-0.25, -0.2) is 14.4 Å². The zero-order valence-corrected chi connectivity index (χ0v) is 15.1. The van der Waals surface area contributed by atoms with E-state index in [2.05, 4.69) is 20.6 Å². The van der Waals surface area contributed by atoms with E-state index in [1.54, 1.807) is 43.3 Å². The highest BCUT2D eigenvalue weighted by molar-refractivity contribution is 6.44. The summed E-state index contributed by atoms with van der Waals surface area (Å²) in [6, 6.07) is 12.5.